The van der Waals surface area contributed by atoms with E-state index in [4.69, 9.17) is 20.9 Å². The van der Waals surface area contributed by atoms with Gasteiger partial charge in [0.05, 0.1) is 21.9 Å². The Hall–Kier alpha value is -7.16. The molecule has 0 unspecified atom stereocenters. The van der Waals surface area contributed by atoms with E-state index in [0.29, 0.717) is 5.69 Å². The van der Waals surface area contributed by atoms with Crippen LogP contribution in [0.2, 0.25) is 0 Å². The highest BCUT2D eigenvalue weighted by Gasteiger charge is 2.16. The molecule has 0 bridgehead atoms. The van der Waals surface area contributed by atoms with Gasteiger partial charge >= 0.3 is 0 Å². The zero-order chi connectivity index (χ0) is 49.8. The van der Waals surface area contributed by atoms with E-state index in [1.165, 1.54) is 11.0 Å². The van der Waals surface area contributed by atoms with Gasteiger partial charge in [0.25, 0.3) is 0 Å². The number of hydrogen-bond donors (Lipinski definition) is 0. The Morgan fingerprint density at radius 2 is 1.06 bits per heavy atom. The predicted octanol–water partition coefficient (Wildman–Crippen LogP) is 14.9. The van der Waals surface area contributed by atoms with Crippen molar-refractivity contribution in [3.8, 4) is 44.5 Å². The van der Waals surface area contributed by atoms with Gasteiger partial charge < -0.3 is 9.32 Å². The van der Waals surface area contributed by atoms with E-state index in [-0.39, 0.29) is 22.5 Å². The van der Waals surface area contributed by atoms with Crippen LogP contribution in [0.4, 0.5) is 17.1 Å². The van der Waals surface area contributed by atoms with Gasteiger partial charge in [0, 0.05) is 27.8 Å². The second-order valence-electron chi connectivity index (χ2n) is 12.5. The standard InChI is InChI=1S/C52H35NO/c1-2-11-36(12-3-1)42-15-8-16-45(35-42)53(44-33-29-40(30-34-44)47-19-9-14-39-13-4-5-17-46(39)47)43-31-27-38(28-32-43)37-23-25-41(26-24-37)48-20-10-22-51-52(48)49-18-6-7-21-50(49)54-51/h1-35H/i1D,2D,3D,4D,5D,9D,11D,12D,13D,14D,17D,19D,29D,30D,33D,34D. The highest BCUT2D eigenvalue weighted by atomic mass is 16.3. The Labute approximate surface area is 337 Å². The smallest absolute Gasteiger partial charge is 0.136 e. The van der Waals surface area contributed by atoms with E-state index < -0.39 is 119 Å². The molecule has 54 heavy (non-hydrogen) atoms. The van der Waals surface area contributed by atoms with Gasteiger partial charge in [-0.05, 0) is 104 Å². The molecular weight excluding hydrogens is 655 g/mol. The summed E-state index contributed by atoms with van der Waals surface area (Å²) in [6, 6.07) is 24.9. The van der Waals surface area contributed by atoms with Gasteiger partial charge in [0.2, 0.25) is 0 Å². The first kappa shape index (κ1) is 19.1. The molecule has 0 aliphatic rings. The van der Waals surface area contributed by atoms with Crippen LogP contribution in [-0.4, -0.2) is 0 Å². The first-order valence-corrected chi connectivity index (χ1v) is 17.1. The van der Waals surface area contributed by atoms with Crippen LogP contribution >= 0.6 is 0 Å². The second-order valence-corrected chi connectivity index (χ2v) is 12.5. The van der Waals surface area contributed by atoms with Crippen molar-refractivity contribution < 1.29 is 26.3 Å². The average Bonchev–Trinajstić information content (AvgIpc) is 3.76. The molecule has 0 amide bonds. The molecule has 2 heteroatoms. The molecule has 10 aromatic rings. The molecular formula is C52H35NO. The zero-order valence-corrected chi connectivity index (χ0v) is 28.3. The normalized spacial score (nSPS) is 15.5. The summed E-state index contributed by atoms with van der Waals surface area (Å²) in [6.45, 7) is 0. The van der Waals surface area contributed by atoms with Crippen LogP contribution in [0, 0.1) is 0 Å². The summed E-state index contributed by atoms with van der Waals surface area (Å²) in [5, 5.41) is 1.20. The number of benzene rings is 9. The lowest BCUT2D eigenvalue weighted by Crippen LogP contribution is -2.10. The molecule has 10 rings (SSSR count). The maximum atomic E-state index is 9.55. The molecule has 0 fully saturated rings. The Morgan fingerprint density at radius 1 is 0.370 bits per heavy atom. The van der Waals surface area contributed by atoms with Crippen LogP contribution in [0.15, 0.2) is 216 Å². The van der Waals surface area contributed by atoms with Crippen LogP contribution in [0.1, 0.15) is 21.9 Å². The molecule has 9 aromatic carbocycles. The lowest BCUT2D eigenvalue weighted by atomic mass is 9.96. The van der Waals surface area contributed by atoms with E-state index in [9.17, 15) is 5.48 Å². The van der Waals surface area contributed by atoms with Crippen LogP contribution < -0.4 is 4.90 Å². The highest BCUT2D eigenvalue weighted by Crippen LogP contribution is 2.40. The fourth-order valence-electron chi connectivity index (χ4n) is 6.81. The van der Waals surface area contributed by atoms with Crippen LogP contribution in [0.5, 0.6) is 0 Å². The number of furan rings is 1. The Balaban J connectivity index is 1.15. The molecule has 254 valence electrons. The molecule has 0 saturated carbocycles. The summed E-state index contributed by atoms with van der Waals surface area (Å²) >= 11 is 0. The number of para-hydroxylation sites is 1. The third kappa shape index (κ3) is 5.71. The molecule has 2 nitrogen and oxygen atoms in total. The summed E-state index contributed by atoms with van der Waals surface area (Å²) in [7, 11) is 0. The molecule has 0 saturated heterocycles. The van der Waals surface area contributed by atoms with Crippen LogP contribution in [-0.2, 0) is 0 Å². The average molecular weight is 706 g/mol. The van der Waals surface area contributed by atoms with Crippen molar-refractivity contribution in [2.24, 2.45) is 0 Å². The monoisotopic (exact) mass is 705 g/mol. The minimum absolute atomic E-state index is 0.109. The van der Waals surface area contributed by atoms with E-state index in [0.717, 1.165) is 44.2 Å². The Bertz CT molecular complexity index is 3790. The molecule has 0 atom stereocenters. The molecule has 0 spiro atoms. The molecule has 0 aliphatic heterocycles. The molecule has 0 radical (unpaired) electrons. The summed E-state index contributed by atoms with van der Waals surface area (Å²) in [5.74, 6) is 0. The second kappa shape index (κ2) is 13.4. The summed E-state index contributed by atoms with van der Waals surface area (Å²) in [5.41, 5.74) is 4.52. The van der Waals surface area contributed by atoms with Gasteiger partial charge in [-0.2, -0.15) is 0 Å². The van der Waals surface area contributed by atoms with Gasteiger partial charge in [-0.1, -0.05) is 163 Å². The first-order valence-electron chi connectivity index (χ1n) is 25.1. The van der Waals surface area contributed by atoms with Crippen molar-refractivity contribution in [1.29, 1.82) is 0 Å². The van der Waals surface area contributed by atoms with E-state index in [1.807, 2.05) is 78.9 Å². The Kier molecular flexibility index (Phi) is 4.74. The molecule has 0 N–H and O–H groups in total. The first-order chi connectivity index (χ1) is 33.4. The zero-order valence-electron chi connectivity index (χ0n) is 44.3. The quantitative estimate of drug-likeness (QED) is 0.164. The number of rotatable bonds is 7. The van der Waals surface area contributed by atoms with Gasteiger partial charge in [-0.15, -0.1) is 0 Å². The van der Waals surface area contributed by atoms with E-state index in [2.05, 4.69) is 0 Å². The lowest BCUT2D eigenvalue weighted by Gasteiger charge is -2.26. The van der Waals surface area contributed by atoms with Gasteiger partial charge in [0.1, 0.15) is 11.2 Å². The summed E-state index contributed by atoms with van der Waals surface area (Å²) in [4.78, 5) is 1.43. The highest BCUT2D eigenvalue weighted by molar-refractivity contribution is 6.12. The minimum atomic E-state index is -0.738. The van der Waals surface area contributed by atoms with Gasteiger partial charge in [0.15, 0.2) is 0 Å². The number of nitrogens with zero attached hydrogens (tertiary/aromatic N) is 1. The van der Waals surface area contributed by atoms with Crippen molar-refractivity contribution >= 4 is 49.8 Å². The fraction of sp³-hybridized carbons (Fsp3) is 0. The van der Waals surface area contributed by atoms with Crippen molar-refractivity contribution in [2.75, 3.05) is 4.90 Å². The maximum Gasteiger partial charge on any atom is 0.136 e. The SMILES string of the molecule is [2H]c1c([2H])c([2H])c(-c2cccc(N(c3ccc(-c4ccc(-c5cccc6oc7ccccc7c56)cc4)cc3)c3c([2H])c([2H])c(-c4c([2H])c([2H])c([2H])c5c([2H])c([2H])c([2H])c([2H])c45)c([2H])c3[2H])c2)c([2H])c1[2H]. The molecule has 0 aliphatic carbocycles. The largest absolute Gasteiger partial charge is 0.456 e. The minimum Gasteiger partial charge on any atom is -0.456 e. The van der Waals surface area contributed by atoms with E-state index >= 15 is 0 Å². The van der Waals surface area contributed by atoms with Crippen LogP contribution in [0.25, 0.3) is 77.2 Å². The van der Waals surface area contributed by atoms with Gasteiger partial charge in [-0.3, -0.25) is 0 Å². The third-order valence-electron chi connectivity index (χ3n) is 9.35. The van der Waals surface area contributed by atoms with Gasteiger partial charge in [-0.25, -0.2) is 0 Å². The third-order valence-corrected chi connectivity index (χ3v) is 9.35. The fourth-order valence-corrected chi connectivity index (χ4v) is 6.81. The number of fused-ring (bicyclic) bond motifs is 4. The Morgan fingerprint density at radius 3 is 1.89 bits per heavy atom. The number of anilines is 3. The maximum absolute atomic E-state index is 9.55. The summed E-state index contributed by atoms with van der Waals surface area (Å²) < 4.78 is 146. The van der Waals surface area contributed by atoms with Crippen molar-refractivity contribution in [2.45, 2.75) is 0 Å². The predicted molar refractivity (Wildman–Crippen MR) is 228 cm³/mol. The van der Waals surface area contributed by atoms with Crippen LogP contribution in [0.3, 0.4) is 0 Å². The summed E-state index contributed by atoms with van der Waals surface area (Å²) in [6.07, 6.45) is 0. The van der Waals surface area contributed by atoms with Crippen molar-refractivity contribution in [3.63, 3.8) is 0 Å². The topological polar surface area (TPSA) is 16.4 Å². The van der Waals surface area contributed by atoms with E-state index in [1.54, 1.807) is 30.3 Å². The lowest BCUT2D eigenvalue weighted by molar-refractivity contribution is 0.669. The van der Waals surface area contributed by atoms with Crippen molar-refractivity contribution in [3.05, 3.63) is 212 Å². The van der Waals surface area contributed by atoms with Crippen molar-refractivity contribution in [1.82, 2.24) is 0 Å². The molecule has 1 heterocycles. The number of hydrogen-bond acceptors (Lipinski definition) is 2. The molecule has 1 aromatic heterocycles.